The van der Waals surface area contributed by atoms with Crippen molar-refractivity contribution in [2.24, 2.45) is 5.92 Å². The highest BCUT2D eigenvalue weighted by Gasteiger charge is 2.43. The predicted octanol–water partition coefficient (Wildman–Crippen LogP) is 5.60. The number of alkyl halides is 1. The van der Waals surface area contributed by atoms with Gasteiger partial charge in [0, 0.05) is 30.0 Å². The highest BCUT2D eigenvalue weighted by Crippen LogP contribution is 2.37. The van der Waals surface area contributed by atoms with Crippen molar-refractivity contribution in [1.82, 2.24) is 19.5 Å². The Morgan fingerprint density at radius 1 is 1.21 bits per heavy atom. The second-order valence-electron chi connectivity index (χ2n) is 9.04. The number of benzene rings is 1. The molecule has 6 rings (SSSR count). The fourth-order valence-electron chi connectivity index (χ4n) is 4.63. The van der Waals surface area contributed by atoms with Crippen LogP contribution < -0.4 is 5.32 Å². The summed E-state index contributed by atoms with van der Waals surface area (Å²) in [6, 6.07) is 5.64. The molecule has 174 valence electrons. The number of carbonyl (C=O) groups is 1. The number of fused-ring (bicyclic) bond motifs is 2. The van der Waals surface area contributed by atoms with E-state index in [0.29, 0.717) is 10.8 Å². The van der Waals surface area contributed by atoms with Crippen LogP contribution in [0.25, 0.3) is 33.1 Å². The van der Waals surface area contributed by atoms with E-state index in [-0.39, 0.29) is 18.6 Å². The zero-order valence-corrected chi connectivity index (χ0v) is 19.3. The molecule has 1 saturated heterocycles. The molecule has 1 amide bonds. The van der Waals surface area contributed by atoms with E-state index in [1.807, 2.05) is 29.8 Å². The first-order chi connectivity index (χ1) is 16.5. The molecule has 0 bridgehead atoms. The summed E-state index contributed by atoms with van der Waals surface area (Å²) in [5.74, 6) is -0.544. The summed E-state index contributed by atoms with van der Waals surface area (Å²) in [6.07, 6.45) is 7.62. The van der Waals surface area contributed by atoms with Crippen LogP contribution in [0.4, 0.5) is 10.2 Å². The maximum absolute atomic E-state index is 13.2. The number of carbonyl (C=O) groups excluding carboxylic acids is 1. The average molecular weight is 480 g/mol. The lowest BCUT2D eigenvalue weighted by molar-refractivity contribution is -0.117. The molecule has 0 spiro atoms. The molecule has 7 nitrogen and oxygen atoms in total. The van der Waals surface area contributed by atoms with E-state index in [9.17, 15) is 9.18 Å². The van der Waals surface area contributed by atoms with Crippen molar-refractivity contribution < 1.29 is 13.9 Å². The van der Waals surface area contributed by atoms with E-state index in [4.69, 9.17) is 21.3 Å². The lowest BCUT2D eigenvalue weighted by atomic mass is 9.99. The van der Waals surface area contributed by atoms with Gasteiger partial charge in [-0.15, -0.1) is 0 Å². The molecular weight excluding hydrogens is 457 g/mol. The number of halogens is 2. The Morgan fingerprint density at radius 2 is 2.06 bits per heavy atom. The molecule has 1 aliphatic heterocycles. The van der Waals surface area contributed by atoms with E-state index < -0.39 is 12.1 Å². The summed E-state index contributed by atoms with van der Waals surface area (Å²) in [5, 5.41) is 4.84. The maximum atomic E-state index is 13.2. The van der Waals surface area contributed by atoms with Crippen LogP contribution in [0.2, 0.25) is 5.02 Å². The molecule has 2 fully saturated rings. The number of imidazole rings is 1. The maximum Gasteiger partial charge on any atom is 0.231 e. The Kier molecular flexibility index (Phi) is 5.22. The predicted molar refractivity (Wildman–Crippen MR) is 128 cm³/mol. The molecule has 1 aliphatic carbocycles. The molecule has 9 heteroatoms. The van der Waals surface area contributed by atoms with E-state index in [0.717, 1.165) is 64.5 Å². The minimum Gasteiger partial charge on any atom is -0.358 e. The van der Waals surface area contributed by atoms with Gasteiger partial charge in [-0.2, -0.15) is 0 Å². The van der Waals surface area contributed by atoms with Crippen LogP contribution >= 0.6 is 11.6 Å². The van der Waals surface area contributed by atoms with Crippen LogP contribution in [0.5, 0.6) is 0 Å². The number of pyridine rings is 2. The molecule has 3 atom stereocenters. The lowest BCUT2D eigenvalue weighted by Crippen LogP contribution is -2.17. The van der Waals surface area contributed by atoms with Crippen molar-refractivity contribution in [3.63, 3.8) is 0 Å². The molecule has 1 saturated carbocycles. The van der Waals surface area contributed by atoms with Crippen molar-refractivity contribution in [2.45, 2.75) is 45.0 Å². The summed E-state index contributed by atoms with van der Waals surface area (Å²) < 4.78 is 21.1. The van der Waals surface area contributed by atoms with Crippen LogP contribution in [0.3, 0.4) is 0 Å². The molecule has 3 unspecified atom stereocenters. The van der Waals surface area contributed by atoms with Crippen molar-refractivity contribution in [1.29, 1.82) is 0 Å². The van der Waals surface area contributed by atoms with Gasteiger partial charge in [-0.3, -0.25) is 9.36 Å². The Bertz CT molecular complexity index is 1430. The fraction of sp³-hybridized carbons (Fsp3) is 0.360. The molecule has 1 aromatic carbocycles. The number of aryl methyl sites for hydroxylation is 1. The smallest absolute Gasteiger partial charge is 0.231 e. The van der Waals surface area contributed by atoms with E-state index >= 15 is 0 Å². The third-order valence-corrected chi connectivity index (χ3v) is 7.02. The molecule has 3 aromatic heterocycles. The van der Waals surface area contributed by atoms with Gasteiger partial charge in [-0.1, -0.05) is 11.6 Å². The largest absolute Gasteiger partial charge is 0.358 e. The standard InChI is InChI=1S/C25H23ClFN5O2/c1-13-17(10-29-24-23(13)30-12-32(24)22-4-2-3-5-34-22)14-6-15-8-21(28-11-18(15)19(26)7-14)31-25(33)16-9-20(16)27/h6-8,10-12,16,20,22H,2-5,9H2,1H3,(H,28,31,33). The van der Waals surface area contributed by atoms with Gasteiger partial charge in [0.2, 0.25) is 5.91 Å². The number of rotatable bonds is 4. The molecule has 34 heavy (non-hydrogen) atoms. The van der Waals surface area contributed by atoms with Crippen LogP contribution in [-0.2, 0) is 9.53 Å². The van der Waals surface area contributed by atoms with Crippen LogP contribution in [0, 0.1) is 12.8 Å². The SMILES string of the molecule is Cc1c(-c2cc(Cl)c3cnc(NC(=O)C4CC4F)cc3c2)cnc2c1ncn2C1CCCCO1. The number of amides is 1. The van der Waals surface area contributed by atoms with Gasteiger partial charge in [0.05, 0.1) is 17.3 Å². The Labute approximate surface area is 200 Å². The van der Waals surface area contributed by atoms with Gasteiger partial charge in [-0.25, -0.2) is 19.3 Å². The van der Waals surface area contributed by atoms with E-state index in [1.54, 1.807) is 18.6 Å². The summed E-state index contributed by atoms with van der Waals surface area (Å²) >= 11 is 6.59. The highest BCUT2D eigenvalue weighted by atomic mass is 35.5. The first kappa shape index (κ1) is 21.4. The fourth-order valence-corrected chi connectivity index (χ4v) is 4.91. The van der Waals surface area contributed by atoms with E-state index in [1.165, 1.54) is 0 Å². The Morgan fingerprint density at radius 3 is 2.82 bits per heavy atom. The second kappa shape index (κ2) is 8.29. The topological polar surface area (TPSA) is 81.9 Å². The molecule has 4 aromatic rings. The highest BCUT2D eigenvalue weighted by molar-refractivity contribution is 6.36. The molecule has 0 radical (unpaired) electrons. The Balaban J connectivity index is 1.37. The van der Waals surface area contributed by atoms with Crippen LogP contribution in [0.1, 0.15) is 37.5 Å². The van der Waals surface area contributed by atoms with Crippen molar-refractivity contribution in [2.75, 3.05) is 11.9 Å². The van der Waals surface area contributed by atoms with Crippen LogP contribution in [-0.4, -0.2) is 38.2 Å². The third kappa shape index (κ3) is 3.71. The monoisotopic (exact) mass is 479 g/mol. The van der Waals surface area contributed by atoms with Gasteiger partial charge >= 0.3 is 0 Å². The van der Waals surface area contributed by atoms with Gasteiger partial charge in [0.1, 0.15) is 23.7 Å². The zero-order valence-electron chi connectivity index (χ0n) is 18.6. The van der Waals surface area contributed by atoms with Gasteiger partial charge in [-0.05, 0) is 67.3 Å². The second-order valence-corrected chi connectivity index (χ2v) is 9.45. The summed E-state index contributed by atoms with van der Waals surface area (Å²) in [5.41, 5.74) is 4.45. The summed E-state index contributed by atoms with van der Waals surface area (Å²) in [6.45, 7) is 2.78. The van der Waals surface area contributed by atoms with Gasteiger partial charge in [0.15, 0.2) is 5.65 Å². The first-order valence-electron chi connectivity index (χ1n) is 11.5. The molecule has 2 aliphatic rings. The van der Waals surface area contributed by atoms with Crippen molar-refractivity contribution in [3.8, 4) is 11.1 Å². The number of hydrogen-bond donors (Lipinski definition) is 1. The number of anilines is 1. The quantitative estimate of drug-likeness (QED) is 0.411. The minimum absolute atomic E-state index is 0.0314. The lowest BCUT2D eigenvalue weighted by Gasteiger charge is -2.23. The zero-order chi connectivity index (χ0) is 23.4. The normalized spacial score (nSPS) is 22.3. The van der Waals surface area contributed by atoms with Crippen LogP contribution in [0.15, 0.2) is 36.9 Å². The van der Waals surface area contributed by atoms with Crippen molar-refractivity contribution in [3.05, 3.63) is 47.5 Å². The van der Waals surface area contributed by atoms with Crippen molar-refractivity contribution >= 4 is 45.3 Å². The molecular formula is C25H23ClFN5O2. The summed E-state index contributed by atoms with van der Waals surface area (Å²) in [4.78, 5) is 25.8. The number of nitrogens with one attached hydrogen (secondary N) is 1. The minimum atomic E-state index is -1.06. The average Bonchev–Trinajstić information content (AvgIpc) is 3.41. The number of aromatic nitrogens is 4. The Hall–Kier alpha value is -3.10. The number of ether oxygens (including phenoxy) is 1. The number of hydrogen-bond acceptors (Lipinski definition) is 5. The molecule has 4 heterocycles. The van der Waals surface area contributed by atoms with Gasteiger partial charge in [0.25, 0.3) is 0 Å². The van der Waals surface area contributed by atoms with E-state index in [2.05, 4.69) is 15.3 Å². The molecule has 1 N–H and O–H groups in total. The third-order valence-electron chi connectivity index (χ3n) is 6.71. The number of nitrogens with zero attached hydrogens (tertiary/aromatic N) is 4. The summed E-state index contributed by atoms with van der Waals surface area (Å²) in [7, 11) is 0. The van der Waals surface area contributed by atoms with Gasteiger partial charge < -0.3 is 10.1 Å². The first-order valence-corrected chi connectivity index (χ1v) is 11.9.